The molecule has 2 fully saturated rings. The molecule has 0 radical (unpaired) electrons. The summed E-state index contributed by atoms with van der Waals surface area (Å²) >= 11 is 6.03. The summed E-state index contributed by atoms with van der Waals surface area (Å²) in [6.45, 7) is 5.70. The van der Waals surface area contributed by atoms with Gasteiger partial charge in [0.2, 0.25) is 15.9 Å². The van der Waals surface area contributed by atoms with Gasteiger partial charge in [-0.15, -0.1) is 0 Å². The fourth-order valence-corrected chi connectivity index (χ4v) is 6.40. The van der Waals surface area contributed by atoms with Gasteiger partial charge in [-0.1, -0.05) is 41.9 Å². The Kier molecular flexibility index (Phi) is 5.91. The predicted molar refractivity (Wildman–Crippen MR) is 124 cm³/mol. The summed E-state index contributed by atoms with van der Waals surface area (Å²) in [6.07, 6.45) is 0.996. The Hall–Kier alpha value is -1.93. The molecular formula is C24H29ClN2O4S. The first-order valence-electron chi connectivity index (χ1n) is 10.8. The van der Waals surface area contributed by atoms with Gasteiger partial charge < -0.3 is 10.0 Å². The Balaban J connectivity index is 1.72. The number of aliphatic hydroxyl groups is 1. The van der Waals surface area contributed by atoms with Crippen LogP contribution in [0.4, 0.5) is 0 Å². The van der Waals surface area contributed by atoms with Crippen molar-refractivity contribution in [2.75, 3.05) is 6.54 Å². The average molecular weight is 477 g/mol. The van der Waals surface area contributed by atoms with Crippen LogP contribution in [-0.4, -0.2) is 42.5 Å². The van der Waals surface area contributed by atoms with E-state index in [1.807, 2.05) is 12.1 Å². The summed E-state index contributed by atoms with van der Waals surface area (Å²) in [7, 11) is -3.85. The highest BCUT2D eigenvalue weighted by atomic mass is 35.5. The molecule has 1 heterocycles. The number of halogens is 1. The van der Waals surface area contributed by atoms with Gasteiger partial charge in [0.15, 0.2) is 0 Å². The zero-order chi connectivity index (χ0) is 23.3. The molecule has 1 saturated heterocycles. The highest BCUT2D eigenvalue weighted by Gasteiger charge is 2.55. The van der Waals surface area contributed by atoms with Crippen LogP contribution in [0.1, 0.15) is 57.2 Å². The van der Waals surface area contributed by atoms with Crippen LogP contribution in [0.2, 0.25) is 5.02 Å². The Labute approximate surface area is 194 Å². The second-order valence-corrected chi connectivity index (χ2v) is 11.9. The molecule has 2 unspecified atom stereocenters. The van der Waals surface area contributed by atoms with Crippen LogP contribution in [0.15, 0.2) is 53.4 Å². The fraction of sp³-hybridized carbons (Fsp3) is 0.458. The monoisotopic (exact) mass is 476 g/mol. The zero-order valence-electron chi connectivity index (χ0n) is 18.5. The number of carbonyl (C=O) groups excluding carboxylic acids is 1. The maximum Gasteiger partial charge on any atom is 0.241 e. The molecule has 172 valence electrons. The average Bonchev–Trinajstić information content (AvgIpc) is 3.43. The lowest BCUT2D eigenvalue weighted by molar-refractivity contribution is -0.136. The Bertz CT molecular complexity index is 1120. The molecular weight excluding hydrogens is 448 g/mol. The minimum absolute atomic E-state index is 0.0719. The molecule has 0 spiro atoms. The predicted octanol–water partition coefficient (Wildman–Crippen LogP) is 3.78. The number of rotatable bonds is 5. The molecule has 0 aromatic heterocycles. The number of sulfonamides is 1. The molecule has 2 aromatic rings. The van der Waals surface area contributed by atoms with Gasteiger partial charge in [0.1, 0.15) is 0 Å². The smallest absolute Gasteiger partial charge is 0.241 e. The Morgan fingerprint density at radius 3 is 2.34 bits per heavy atom. The van der Waals surface area contributed by atoms with Crippen molar-refractivity contribution < 1.29 is 18.3 Å². The number of aliphatic hydroxyl groups excluding tert-OH is 1. The molecule has 8 heteroatoms. The van der Waals surface area contributed by atoms with Crippen LogP contribution in [-0.2, 0) is 20.2 Å². The van der Waals surface area contributed by atoms with E-state index in [2.05, 4.69) is 4.72 Å². The number of amides is 1. The van der Waals surface area contributed by atoms with Gasteiger partial charge in [0.05, 0.1) is 22.5 Å². The molecule has 32 heavy (non-hydrogen) atoms. The van der Waals surface area contributed by atoms with Crippen molar-refractivity contribution in [1.82, 2.24) is 9.62 Å². The van der Waals surface area contributed by atoms with E-state index in [-0.39, 0.29) is 10.8 Å². The van der Waals surface area contributed by atoms with E-state index in [4.69, 9.17) is 11.6 Å². The third-order valence-corrected chi connectivity index (χ3v) is 8.23. The minimum Gasteiger partial charge on any atom is -0.391 e. The Morgan fingerprint density at radius 1 is 1.12 bits per heavy atom. The number of benzene rings is 2. The number of hydrogen-bond acceptors (Lipinski definition) is 4. The molecule has 0 bridgehead atoms. The zero-order valence-corrected chi connectivity index (χ0v) is 20.1. The van der Waals surface area contributed by atoms with Crippen molar-refractivity contribution in [3.63, 3.8) is 0 Å². The van der Waals surface area contributed by atoms with Gasteiger partial charge in [-0.3, -0.25) is 4.79 Å². The standard InChI is InChI=1S/C24H29ClN2O4S/c1-23(2,3)26-32(30,31)20-7-5-4-6-18(20)21-19(28)12-15-27(21)22(29)24(13-14-24)16-8-10-17(25)11-9-16/h4-11,19,21,26,28H,12-15H2,1-3H3. The highest BCUT2D eigenvalue weighted by molar-refractivity contribution is 7.89. The van der Waals surface area contributed by atoms with Crippen LogP contribution in [0.5, 0.6) is 0 Å². The molecule has 2 aliphatic rings. The summed E-state index contributed by atoms with van der Waals surface area (Å²) in [6, 6.07) is 13.2. The number of hydrogen-bond donors (Lipinski definition) is 2. The number of nitrogens with zero attached hydrogens (tertiary/aromatic N) is 1. The first-order valence-corrected chi connectivity index (χ1v) is 12.7. The van der Waals surface area contributed by atoms with Crippen LogP contribution in [0, 0.1) is 0 Å². The first-order chi connectivity index (χ1) is 14.9. The van der Waals surface area contributed by atoms with E-state index >= 15 is 0 Å². The van der Waals surface area contributed by atoms with Crippen molar-refractivity contribution in [3.05, 3.63) is 64.7 Å². The maximum absolute atomic E-state index is 13.8. The van der Waals surface area contributed by atoms with Crippen LogP contribution < -0.4 is 4.72 Å². The van der Waals surface area contributed by atoms with E-state index in [0.717, 1.165) is 18.4 Å². The van der Waals surface area contributed by atoms with Crippen molar-refractivity contribution in [2.45, 2.75) is 68.0 Å². The molecule has 2 aromatic carbocycles. The van der Waals surface area contributed by atoms with Crippen molar-refractivity contribution >= 4 is 27.5 Å². The molecule has 2 atom stereocenters. The van der Waals surface area contributed by atoms with E-state index in [1.54, 1.807) is 56.0 Å². The van der Waals surface area contributed by atoms with Gasteiger partial charge in [-0.2, -0.15) is 0 Å². The SMILES string of the molecule is CC(C)(C)NS(=O)(=O)c1ccccc1C1C(O)CCN1C(=O)C1(c2ccc(Cl)cc2)CC1. The molecule has 1 aliphatic heterocycles. The van der Waals surface area contributed by atoms with Crippen molar-refractivity contribution in [1.29, 1.82) is 0 Å². The van der Waals surface area contributed by atoms with Crippen LogP contribution >= 0.6 is 11.6 Å². The summed E-state index contributed by atoms with van der Waals surface area (Å²) < 4.78 is 29.0. The summed E-state index contributed by atoms with van der Waals surface area (Å²) in [4.78, 5) is 15.5. The first kappa shape index (κ1) is 23.2. The largest absolute Gasteiger partial charge is 0.391 e. The molecule has 1 amide bonds. The van der Waals surface area contributed by atoms with E-state index < -0.39 is 33.1 Å². The van der Waals surface area contributed by atoms with Gasteiger partial charge in [-0.25, -0.2) is 13.1 Å². The Morgan fingerprint density at radius 2 is 1.75 bits per heavy atom. The molecule has 6 nitrogen and oxygen atoms in total. The lowest BCUT2D eigenvalue weighted by atomic mass is 9.93. The number of likely N-dealkylation sites (tertiary alicyclic amines) is 1. The normalized spacial score (nSPS) is 22.7. The second kappa shape index (κ2) is 8.13. The number of nitrogens with one attached hydrogen (secondary N) is 1. The maximum atomic E-state index is 13.8. The summed E-state index contributed by atoms with van der Waals surface area (Å²) in [5.74, 6) is -0.0719. The van der Waals surface area contributed by atoms with E-state index in [9.17, 15) is 18.3 Å². The fourth-order valence-electron chi connectivity index (χ4n) is 4.60. The van der Waals surface area contributed by atoms with Crippen molar-refractivity contribution in [2.24, 2.45) is 0 Å². The third-order valence-electron chi connectivity index (χ3n) is 6.15. The van der Waals surface area contributed by atoms with Gasteiger partial charge in [-0.05, 0) is 69.4 Å². The van der Waals surface area contributed by atoms with Gasteiger partial charge in [0.25, 0.3) is 0 Å². The summed E-state index contributed by atoms with van der Waals surface area (Å²) in [5.41, 5.74) is 0.0455. The second-order valence-electron chi connectivity index (χ2n) is 9.78. The topological polar surface area (TPSA) is 86.7 Å². The number of carbonyl (C=O) groups is 1. The quantitative estimate of drug-likeness (QED) is 0.687. The minimum atomic E-state index is -3.85. The van der Waals surface area contributed by atoms with Gasteiger partial charge in [0, 0.05) is 17.1 Å². The summed E-state index contributed by atoms with van der Waals surface area (Å²) in [5, 5.41) is 11.5. The lowest BCUT2D eigenvalue weighted by Gasteiger charge is -2.32. The van der Waals surface area contributed by atoms with Crippen LogP contribution in [0.3, 0.4) is 0 Å². The highest BCUT2D eigenvalue weighted by Crippen LogP contribution is 2.52. The molecule has 1 aliphatic carbocycles. The lowest BCUT2D eigenvalue weighted by Crippen LogP contribution is -2.43. The van der Waals surface area contributed by atoms with E-state index in [1.165, 1.54) is 6.07 Å². The molecule has 1 saturated carbocycles. The van der Waals surface area contributed by atoms with Crippen LogP contribution in [0.25, 0.3) is 0 Å². The van der Waals surface area contributed by atoms with Crippen molar-refractivity contribution in [3.8, 4) is 0 Å². The molecule has 4 rings (SSSR count). The third kappa shape index (κ3) is 4.31. The van der Waals surface area contributed by atoms with Gasteiger partial charge >= 0.3 is 0 Å². The van der Waals surface area contributed by atoms with E-state index in [0.29, 0.717) is 23.6 Å². The molecule has 2 N–H and O–H groups in total.